The highest BCUT2D eigenvalue weighted by atomic mass is 19.1. The van der Waals surface area contributed by atoms with E-state index < -0.39 is 17.3 Å². The highest BCUT2D eigenvalue weighted by molar-refractivity contribution is 5.93. The van der Waals surface area contributed by atoms with Crippen LogP contribution in [0.3, 0.4) is 0 Å². The number of carbonyl (C=O) groups excluding carboxylic acids is 1. The third-order valence-corrected chi connectivity index (χ3v) is 8.44. The number of piperazine rings is 1. The Bertz CT molecular complexity index is 1850. The second-order valence-electron chi connectivity index (χ2n) is 11.7. The Labute approximate surface area is 254 Å². The number of fused-ring (bicyclic) bond motifs is 5. The number of aromatic nitrogens is 3. The molecule has 9 nitrogen and oxygen atoms in total. The summed E-state index contributed by atoms with van der Waals surface area (Å²) in [7, 11) is 0. The molecule has 1 saturated heterocycles. The molecule has 0 unspecified atom stereocenters. The van der Waals surface area contributed by atoms with E-state index in [0.29, 0.717) is 48.6 Å². The lowest BCUT2D eigenvalue weighted by atomic mass is 9.99. The molecule has 0 spiro atoms. The van der Waals surface area contributed by atoms with Gasteiger partial charge in [-0.1, -0.05) is 38.6 Å². The van der Waals surface area contributed by atoms with Crippen molar-refractivity contribution in [3.05, 3.63) is 82.8 Å². The van der Waals surface area contributed by atoms with Gasteiger partial charge in [-0.05, 0) is 55.7 Å². The van der Waals surface area contributed by atoms with E-state index in [1.54, 1.807) is 17.0 Å². The molecule has 228 valence electrons. The Balaban J connectivity index is 1.69. The van der Waals surface area contributed by atoms with Crippen LogP contribution in [-0.4, -0.2) is 63.6 Å². The fraction of sp³-hybridized carbons (Fsp3) is 0.333. The van der Waals surface area contributed by atoms with Gasteiger partial charge in [-0.15, -0.1) is 0 Å². The summed E-state index contributed by atoms with van der Waals surface area (Å²) in [6.45, 7) is 13.1. The average Bonchev–Trinajstić information content (AvgIpc) is 2.99. The average molecular weight is 600 g/mol. The van der Waals surface area contributed by atoms with Gasteiger partial charge in [0.25, 0.3) is 0 Å². The molecular formula is C33H35F2N7O2. The third-order valence-electron chi connectivity index (χ3n) is 8.44. The summed E-state index contributed by atoms with van der Waals surface area (Å²) in [5.74, 6) is -1.28. The molecule has 0 aliphatic carbocycles. The molecular weight excluding hydrogens is 564 g/mol. The molecule has 2 aromatic heterocycles. The number of pyridine rings is 1. The Kier molecular flexibility index (Phi) is 7.56. The van der Waals surface area contributed by atoms with Crippen LogP contribution in [0.1, 0.15) is 39.2 Å². The van der Waals surface area contributed by atoms with E-state index in [4.69, 9.17) is 4.98 Å². The van der Waals surface area contributed by atoms with Crippen LogP contribution in [0.15, 0.2) is 59.9 Å². The summed E-state index contributed by atoms with van der Waals surface area (Å²) in [6, 6.07) is 11.1. The summed E-state index contributed by atoms with van der Waals surface area (Å²) in [6.07, 6.45) is 1.28. The molecule has 1 fully saturated rings. The van der Waals surface area contributed by atoms with Gasteiger partial charge in [0, 0.05) is 44.0 Å². The number of nitrogens with zero attached hydrogens (tertiary/aromatic N) is 5. The fourth-order valence-corrected chi connectivity index (χ4v) is 6.27. The number of anilines is 3. The topological polar surface area (TPSA) is 95.4 Å². The summed E-state index contributed by atoms with van der Waals surface area (Å²) in [4.78, 5) is 39.7. The van der Waals surface area contributed by atoms with Crippen molar-refractivity contribution in [3.63, 3.8) is 0 Å². The maximum Gasteiger partial charge on any atom is 0.355 e. The second-order valence-corrected chi connectivity index (χ2v) is 11.7. The smallest absolute Gasteiger partial charge is 0.355 e. The number of benzene rings is 2. The number of halogens is 2. The standard InChI is InChI=1S/C33H35F2N7O2/c1-6-27(43)40-16-20(5)41(17-19(40)4)31-22-15-24(35)29-28-23(34)10-8-11-25(28)36-13-14-37-26-12-7-9-21(18(2)3)30(26)42(32(22)38-29)33(44)39-31/h6-12,15,18-20,36-37H,1,13-14,16-17H2,2-5H3/t19-,20+/m1/s1. The van der Waals surface area contributed by atoms with Crippen molar-refractivity contribution in [1.29, 1.82) is 0 Å². The van der Waals surface area contributed by atoms with E-state index in [1.165, 1.54) is 22.8 Å². The first kappa shape index (κ1) is 29.3. The lowest BCUT2D eigenvalue weighted by molar-refractivity contribution is -0.128. The maximum atomic E-state index is 16.2. The van der Waals surface area contributed by atoms with Gasteiger partial charge in [-0.3, -0.25) is 4.79 Å². The summed E-state index contributed by atoms with van der Waals surface area (Å²) >= 11 is 0. The first-order valence-electron chi connectivity index (χ1n) is 14.8. The SMILES string of the molecule is C=CC(=O)N1C[C@H](C)N(c2nc(=O)n3c4nc(c(F)cc24)-c2c(F)cccc2NCCNc2cccc(C(C)C)c2-3)C[C@H]1C. The normalized spacial score (nSPS) is 18.2. The van der Waals surface area contributed by atoms with Crippen molar-refractivity contribution in [2.24, 2.45) is 0 Å². The van der Waals surface area contributed by atoms with Gasteiger partial charge in [0.05, 0.1) is 22.3 Å². The lowest BCUT2D eigenvalue weighted by Gasteiger charge is -2.44. The quantitative estimate of drug-likeness (QED) is 0.309. The van der Waals surface area contributed by atoms with Gasteiger partial charge in [0.15, 0.2) is 11.5 Å². The Morgan fingerprint density at radius 1 is 1.00 bits per heavy atom. The highest BCUT2D eigenvalue weighted by Gasteiger charge is 2.34. The van der Waals surface area contributed by atoms with Gasteiger partial charge in [-0.2, -0.15) is 4.98 Å². The zero-order chi connectivity index (χ0) is 31.3. The molecule has 11 heteroatoms. The van der Waals surface area contributed by atoms with Crippen LogP contribution < -0.4 is 21.2 Å². The van der Waals surface area contributed by atoms with Crippen LogP contribution in [0.5, 0.6) is 0 Å². The van der Waals surface area contributed by atoms with Crippen LogP contribution in [0.4, 0.5) is 26.0 Å². The molecule has 4 aromatic rings. The number of rotatable bonds is 3. The first-order chi connectivity index (χ1) is 21.1. The monoisotopic (exact) mass is 599 g/mol. The lowest BCUT2D eigenvalue weighted by Crippen LogP contribution is -2.58. The van der Waals surface area contributed by atoms with Gasteiger partial charge in [0.2, 0.25) is 5.91 Å². The van der Waals surface area contributed by atoms with E-state index in [0.717, 1.165) is 5.56 Å². The summed E-state index contributed by atoms with van der Waals surface area (Å²) in [5.41, 5.74) is 1.87. The van der Waals surface area contributed by atoms with Crippen molar-refractivity contribution >= 4 is 34.1 Å². The fourth-order valence-electron chi connectivity index (χ4n) is 6.27. The summed E-state index contributed by atoms with van der Waals surface area (Å²) in [5, 5.41) is 6.95. The molecule has 0 saturated carbocycles. The number of hydrogen-bond acceptors (Lipinski definition) is 7. The molecule has 2 atom stereocenters. The molecule has 2 bridgehead atoms. The molecule has 2 aromatic carbocycles. The molecule has 4 heterocycles. The van der Waals surface area contributed by atoms with Gasteiger partial charge < -0.3 is 20.4 Å². The van der Waals surface area contributed by atoms with E-state index in [-0.39, 0.29) is 46.6 Å². The maximum absolute atomic E-state index is 16.2. The van der Waals surface area contributed by atoms with Crippen molar-refractivity contribution in [2.45, 2.75) is 45.7 Å². The second kappa shape index (κ2) is 11.4. The van der Waals surface area contributed by atoms with Crippen LogP contribution in [-0.2, 0) is 4.79 Å². The Morgan fingerprint density at radius 3 is 2.43 bits per heavy atom. The predicted molar refractivity (Wildman–Crippen MR) is 170 cm³/mol. The van der Waals surface area contributed by atoms with Crippen LogP contribution in [0, 0.1) is 11.6 Å². The largest absolute Gasteiger partial charge is 0.383 e. The molecule has 2 aliphatic rings. The van der Waals surface area contributed by atoms with Gasteiger partial charge in [-0.25, -0.2) is 23.1 Å². The van der Waals surface area contributed by atoms with Crippen molar-refractivity contribution < 1.29 is 13.6 Å². The number of hydrogen-bond donors (Lipinski definition) is 2. The molecule has 1 amide bonds. The van der Waals surface area contributed by atoms with Gasteiger partial charge >= 0.3 is 5.69 Å². The van der Waals surface area contributed by atoms with E-state index in [9.17, 15) is 9.59 Å². The van der Waals surface area contributed by atoms with Crippen molar-refractivity contribution in [1.82, 2.24) is 19.4 Å². The predicted octanol–water partition coefficient (Wildman–Crippen LogP) is 5.30. The van der Waals surface area contributed by atoms with Crippen LogP contribution in [0.2, 0.25) is 0 Å². The Morgan fingerprint density at radius 2 is 1.70 bits per heavy atom. The molecule has 2 N–H and O–H groups in total. The minimum atomic E-state index is -0.743. The number of para-hydroxylation sites is 1. The summed E-state index contributed by atoms with van der Waals surface area (Å²) < 4.78 is 33.1. The van der Waals surface area contributed by atoms with Crippen molar-refractivity contribution in [2.75, 3.05) is 41.7 Å². The number of carbonyl (C=O) groups is 1. The molecule has 44 heavy (non-hydrogen) atoms. The zero-order valence-corrected chi connectivity index (χ0v) is 25.2. The van der Waals surface area contributed by atoms with Gasteiger partial charge in [0.1, 0.15) is 17.3 Å². The minimum absolute atomic E-state index is 0.0132. The molecule has 6 rings (SSSR count). The molecule has 2 aliphatic heterocycles. The molecule has 0 radical (unpaired) electrons. The minimum Gasteiger partial charge on any atom is -0.383 e. The first-order valence-corrected chi connectivity index (χ1v) is 14.8. The van der Waals surface area contributed by atoms with Crippen molar-refractivity contribution in [3.8, 4) is 16.9 Å². The van der Waals surface area contributed by atoms with E-state index >= 15 is 8.78 Å². The van der Waals surface area contributed by atoms with Crippen LogP contribution >= 0.6 is 0 Å². The Hall–Kier alpha value is -4.80. The third kappa shape index (κ3) is 4.86. The highest BCUT2D eigenvalue weighted by Crippen LogP contribution is 2.38. The number of amides is 1. The van der Waals surface area contributed by atoms with E-state index in [2.05, 4.69) is 22.2 Å². The zero-order valence-electron chi connectivity index (χ0n) is 25.2. The van der Waals surface area contributed by atoms with E-state index in [1.807, 2.05) is 50.8 Å². The van der Waals surface area contributed by atoms with Crippen LogP contribution in [0.25, 0.3) is 28.0 Å². The number of nitrogens with one attached hydrogen (secondary N) is 2.